The molecule has 3 N–H and O–H groups in total. The van der Waals surface area contributed by atoms with Gasteiger partial charge in [-0.15, -0.1) is 11.8 Å². The van der Waals surface area contributed by atoms with Gasteiger partial charge in [-0.2, -0.15) is 0 Å². The van der Waals surface area contributed by atoms with E-state index in [-0.39, 0.29) is 16.9 Å². The highest BCUT2D eigenvalue weighted by Gasteiger charge is 2.20. The molecule has 3 amide bonds. The fraction of sp³-hybridized carbons (Fsp3) is 0.0882. The van der Waals surface area contributed by atoms with Gasteiger partial charge in [0.15, 0.2) is 0 Å². The molecule has 0 fully saturated rings. The summed E-state index contributed by atoms with van der Waals surface area (Å²) in [5.41, 5.74) is 1.74. The smallest absolute Gasteiger partial charge is 0.272 e. The highest BCUT2D eigenvalue weighted by atomic mass is 32.2. The summed E-state index contributed by atoms with van der Waals surface area (Å²) in [4.78, 5) is 40.2. The Balaban J connectivity index is 1.29. The van der Waals surface area contributed by atoms with Crippen LogP contribution in [0.5, 0.6) is 0 Å². The van der Waals surface area contributed by atoms with Crippen molar-refractivity contribution < 1.29 is 18.8 Å². The molecule has 5 aromatic rings. The Labute approximate surface area is 248 Å². The normalized spacial score (nSPS) is 12.0. The molecule has 0 aliphatic heterocycles. The van der Waals surface area contributed by atoms with Crippen molar-refractivity contribution in [2.75, 3.05) is 10.6 Å². The number of furan rings is 1. The molecule has 1 heterocycles. The number of anilines is 2. The molecule has 0 bridgehead atoms. The van der Waals surface area contributed by atoms with Crippen molar-refractivity contribution in [1.82, 2.24) is 5.32 Å². The van der Waals surface area contributed by atoms with Gasteiger partial charge in [0.2, 0.25) is 5.91 Å². The van der Waals surface area contributed by atoms with E-state index in [1.165, 1.54) is 24.1 Å². The highest BCUT2D eigenvalue weighted by Crippen LogP contribution is 2.30. The summed E-state index contributed by atoms with van der Waals surface area (Å²) in [6.07, 6.45) is 3.57. The zero-order valence-corrected chi connectivity index (χ0v) is 23.7. The Kier molecular flexibility index (Phi) is 9.16. The number of rotatable bonds is 10. The van der Waals surface area contributed by atoms with E-state index in [1.54, 1.807) is 48.5 Å². The van der Waals surface area contributed by atoms with Crippen LogP contribution in [0.4, 0.5) is 11.4 Å². The van der Waals surface area contributed by atoms with Gasteiger partial charge in [0.1, 0.15) is 11.5 Å². The third-order valence-electron chi connectivity index (χ3n) is 6.44. The first kappa shape index (κ1) is 28.4. The number of carbonyl (C=O) groups excluding carboxylic acids is 3. The van der Waals surface area contributed by atoms with Crippen molar-refractivity contribution in [2.24, 2.45) is 0 Å². The van der Waals surface area contributed by atoms with Gasteiger partial charge < -0.3 is 20.4 Å². The lowest BCUT2D eigenvalue weighted by atomic mass is 10.1. The molecule has 0 saturated carbocycles. The molecule has 4 aromatic carbocycles. The molecule has 0 aliphatic carbocycles. The van der Waals surface area contributed by atoms with Crippen LogP contribution in [0.15, 0.2) is 130 Å². The topological polar surface area (TPSA) is 100 Å². The molecule has 1 unspecified atom stereocenters. The summed E-state index contributed by atoms with van der Waals surface area (Å²) in [5, 5.41) is 10.3. The van der Waals surface area contributed by atoms with Crippen molar-refractivity contribution >= 4 is 57.7 Å². The van der Waals surface area contributed by atoms with Crippen molar-refractivity contribution in [3.63, 3.8) is 0 Å². The molecule has 42 heavy (non-hydrogen) atoms. The molecule has 0 aliphatic rings. The molecular formula is C34H29N3O4S. The van der Waals surface area contributed by atoms with Gasteiger partial charge in [-0.25, -0.2) is 0 Å². The standard InChI is InChI=1S/C34H29N3O4S/c1-2-31(34(40)36-29-19-8-14-23-11-6-7-18-28(23)29)42-27-17-9-15-25(21-27)35-33(39)30(22-26-16-10-20-41-26)37-32(38)24-12-4-3-5-13-24/h3-22,31H,2H2,1H3,(H,35,39)(H,36,40)(H,37,38)/b30-22-. The Morgan fingerprint density at radius 1 is 0.833 bits per heavy atom. The molecule has 1 atom stereocenters. The lowest BCUT2D eigenvalue weighted by Gasteiger charge is -2.17. The summed E-state index contributed by atoms with van der Waals surface area (Å²) in [7, 11) is 0. The van der Waals surface area contributed by atoms with Crippen LogP contribution in [0, 0.1) is 0 Å². The zero-order valence-electron chi connectivity index (χ0n) is 22.9. The van der Waals surface area contributed by atoms with Crippen LogP contribution in [-0.4, -0.2) is 23.0 Å². The molecule has 0 saturated heterocycles. The number of amides is 3. The Hall–Kier alpha value is -5.08. The molecule has 7 nitrogen and oxygen atoms in total. The summed E-state index contributed by atoms with van der Waals surface area (Å²) in [6, 6.07) is 33.0. The third kappa shape index (κ3) is 7.16. The van der Waals surface area contributed by atoms with Crippen LogP contribution in [0.25, 0.3) is 16.8 Å². The van der Waals surface area contributed by atoms with Crippen molar-refractivity contribution in [3.05, 3.63) is 132 Å². The van der Waals surface area contributed by atoms with Crippen LogP contribution in [0.3, 0.4) is 0 Å². The quantitative estimate of drug-likeness (QED) is 0.119. The highest BCUT2D eigenvalue weighted by molar-refractivity contribution is 8.00. The maximum absolute atomic E-state index is 13.3. The monoisotopic (exact) mass is 575 g/mol. The largest absolute Gasteiger partial charge is 0.465 e. The maximum Gasteiger partial charge on any atom is 0.272 e. The van der Waals surface area contributed by atoms with Crippen molar-refractivity contribution in [3.8, 4) is 0 Å². The van der Waals surface area contributed by atoms with Crippen molar-refractivity contribution in [1.29, 1.82) is 0 Å². The summed E-state index contributed by atoms with van der Waals surface area (Å²) in [6.45, 7) is 1.97. The predicted molar refractivity (Wildman–Crippen MR) is 168 cm³/mol. The minimum atomic E-state index is -0.515. The Morgan fingerprint density at radius 3 is 2.38 bits per heavy atom. The van der Waals surface area contributed by atoms with Gasteiger partial charge >= 0.3 is 0 Å². The van der Waals surface area contributed by atoms with Crippen LogP contribution in [-0.2, 0) is 9.59 Å². The van der Waals surface area contributed by atoms with Crippen LogP contribution < -0.4 is 16.0 Å². The molecule has 210 valence electrons. The fourth-order valence-corrected chi connectivity index (χ4v) is 5.35. The molecule has 5 rings (SSSR count). The first-order chi connectivity index (χ1) is 20.5. The van der Waals surface area contributed by atoms with E-state index >= 15 is 0 Å². The molecule has 0 radical (unpaired) electrons. The SMILES string of the molecule is CCC(Sc1cccc(NC(=O)/C(=C/c2ccco2)NC(=O)c2ccccc2)c1)C(=O)Nc1cccc2ccccc12. The number of carbonyl (C=O) groups is 3. The second-order valence-corrected chi connectivity index (χ2v) is 10.7. The zero-order chi connectivity index (χ0) is 29.3. The van der Waals surface area contributed by atoms with Gasteiger partial charge in [-0.05, 0) is 60.3 Å². The van der Waals surface area contributed by atoms with Gasteiger partial charge in [0.25, 0.3) is 11.8 Å². The van der Waals surface area contributed by atoms with Gasteiger partial charge in [0, 0.05) is 33.3 Å². The number of hydrogen-bond acceptors (Lipinski definition) is 5. The minimum Gasteiger partial charge on any atom is -0.465 e. The Morgan fingerprint density at radius 2 is 1.60 bits per heavy atom. The molecule has 0 spiro atoms. The lowest BCUT2D eigenvalue weighted by Crippen LogP contribution is -2.30. The van der Waals surface area contributed by atoms with Crippen LogP contribution >= 0.6 is 11.8 Å². The summed E-state index contributed by atoms with van der Waals surface area (Å²) in [5.74, 6) is -0.615. The van der Waals surface area contributed by atoms with Gasteiger partial charge in [0.05, 0.1) is 11.5 Å². The van der Waals surface area contributed by atoms with E-state index in [9.17, 15) is 14.4 Å². The number of thioether (sulfide) groups is 1. The summed E-state index contributed by atoms with van der Waals surface area (Å²) < 4.78 is 5.37. The fourth-order valence-electron chi connectivity index (χ4n) is 4.34. The minimum absolute atomic E-state index is 0.0257. The average molecular weight is 576 g/mol. The van der Waals surface area contributed by atoms with Crippen molar-refractivity contribution in [2.45, 2.75) is 23.5 Å². The van der Waals surface area contributed by atoms with E-state index < -0.39 is 11.8 Å². The Bertz CT molecular complexity index is 1730. The van der Waals surface area contributed by atoms with E-state index in [2.05, 4.69) is 16.0 Å². The molecule has 1 aromatic heterocycles. The van der Waals surface area contributed by atoms with E-state index in [0.717, 1.165) is 21.4 Å². The van der Waals surface area contributed by atoms with E-state index in [0.29, 0.717) is 23.4 Å². The molecular weight excluding hydrogens is 546 g/mol. The number of hydrogen-bond donors (Lipinski definition) is 3. The van der Waals surface area contributed by atoms with Crippen LogP contribution in [0.2, 0.25) is 0 Å². The van der Waals surface area contributed by atoms with Gasteiger partial charge in [-0.3, -0.25) is 14.4 Å². The van der Waals surface area contributed by atoms with E-state index in [1.807, 2.05) is 67.6 Å². The first-order valence-corrected chi connectivity index (χ1v) is 14.4. The maximum atomic E-state index is 13.3. The van der Waals surface area contributed by atoms with Crippen LogP contribution in [0.1, 0.15) is 29.5 Å². The number of benzene rings is 4. The average Bonchev–Trinajstić information content (AvgIpc) is 3.53. The summed E-state index contributed by atoms with van der Waals surface area (Å²) >= 11 is 1.42. The second kappa shape index (κ2) is 13.5. The van der Waals surface area contributed by atoms with Gasteiger partial charge in [-0.1, -0.05) is 67.6 Å². The molecule has 8 heteroatoms. The first-order valence-electron chi connectivity index (χ1n) is 13.5. The second-order valence-electron chi connectivity index (χ2n) is 9.41. The predicted octanol–water partition coefficient (Wildman–Crippen LogP) is 7.35. The number of fused-ring (bicyclic) bond motifs is 1. The lowest BCUT2D eigenvalue weighted by molar-refractivity contribution is -0.116. The third-order valence-corrected chi connectivity index (χ3v) is 7.80. The number of nitrogens with one attached hydrogen (secondary N) is 3. The van der Waals surface area contributed by atoms with E-state index in [4.69, 9.17) is 4.42 Å².